The molecule has 2 aromatic carbocycles. The molecule has 0 saturated carbocycles. The number of guanidine groups is 1. The SMILES string of the molecule is CN=C(NCCCOCc1ccco1)NCc1ccc2ccccc2c1. The zero-order chi connectivity index (χ0) is 18.0. The molecule has 0 spiro atoms. The molecule has 0 bridgehead atoms. The number of fused-ring (bicyclic) bond motifs is 1. The monoisotopic (exact) mass is 351 g/mol. The van der Waals surface area contributed by atoms with Crippen LogP contribution in [-0.2, 0) is 17.9 Å². The molecule has 3 rings (SSSR count). The molecule has 1 heterocycles. The maximum absolute atomic E-state index is 5.57. The summed E-state index contributed by atoms with van der Waals surface area (Å²) in [6.45, 7) is 2.73. The highest BCUT2D eigenvalue weighted by atomic mass is 16.5. The van der Waals surface area contributed by atoms with Crippen LogP contribution in [0.4, 0.5) is 0 Å². The summed E-state index contributed by atoms with van der Waals surface area (Å²) < 4.78 is 10.8. The first-order chi connectivity index (χ1) is 12.8. The highest BCUT2D eigenvalue weighted by Gasteiger charge is 2.00. The summed E-state index contributed by atoms with van der Waals surface area (Å²) >= 11 is 0. The normalized spacial score (nSPS) is 11.7. The number of rotatable bonds is 8. The van der Waals surface area contributed by atoms with Gasteiger partial charge in [0.05, 0.1) is 6.26 Å². The summed E-state index contributed by atoms with van der Waals surface area (Å²) in [7, 11) is 1.78. The number of furan rings is 1. The molecule has 0 aliphatic heterocycles. The Balaban J connectivity index is 1.36. The first-order valence-corrected chi connectivity index (χ1v) is 8.87. The predicted octanol–water partition coefficient (Wildman–Crippen LogP) is 3.70. The van der Waals surface area contributed by atoms with Gasteiger partial charge in [0.25, 0.3) is 0 Å². The van der Waals surface area contributed by atoms with Crippen molar-refractivity contribution in [1.82, 2.24) is 10.6 Å². The maximum Gasteiger partial charge on any atom is 0.191 e. The first kappa shape index (κ1) is 18.0. The topological polar surface area (TPSA) is 58.8 Å². The van der Waals surface area contributed by atoms with Gasteiger partial charge >= 0.3 is 0 Å². The van der Waals surface area contributed by atoms with Gasteiger partial charge in [-0.25, -0.2) is 0 Å². The summed E-state index contributed by atoms with van der Waals surface area (Å²) in [5, 5.41) is 9.16. The third-order valence-electron chi connectivity index (χ3n) is 4.08. The molecule has 0 aliphatic carbocycles. The summed E-state index contributed by atoms with van der Waals surface area (Å²) in [5.41, 5.74) is 1.23. The second-order valence-corrected chi connectivity index (χ2v) is 6.02. The smallest absolute Gasteiger partial charge is 0.191 e. The molecule has 1 aromatic heterocycles. The van der Waals surface area contributed by atoms with Crippen molar-refractivity contribution < 1.29 is 9.15 Å². The maximum atomic E-state index is 5.57. The zero-order valence-corrected chi connectivity index (χ0v) is 15.1. The van der Waals surface area contributed by atoms with E-state index < -0.39 is 0 Å². The van der Waals surface area contributed by atoms with Crippen LogP contribution >= 0.6 is 0 Å². The lowest BCUT2D eigenvalue weighted by molar-refractivity contribution is 0.105. The molecular formula is C21H25N3O2. The third-order valence-corrected chi connectivity index (χ3v) is 4.08. The lowest BCUT2D eigenvalue weighted by atomic mass is 10.1. The predicted molar refractivity (Wildman–Crippen MR) is 105 cm³/mol. The molecule has 0 atom stereocenters. The molecule has 5 heteroatoms. The number of aliphatic imine (C=N–C) groups is 1. The fraction of sp³-hybridized carbons (Fsp3) is 0.286. The van der Waals surface area contributed by atoms with E-state index in [0.29, 0.717) is 13.2 Å². The molecule has 0 aliphatic rings. The molecule has 0 amide bonds. The Morgan fingerprint density at radius 2 is 1.92 bits per heavy atom. The van der Waals surface area contributed by atoms with Gasteiger partial charge in [-0.05, 0) is 41.0 Å². The minimum atomic E-state index is 0.516. The van der Waals surface area contributed by atoms with Crippen molar-refractivity contribution in [2.45, 2.75) is 19.6 Å². The molecule has 0 saturated heterocycles. The van der Waals surface area contributed by atoms with Gasteiger partial charge in [-0.15, -0.1) is 0 Å². The van der Waals surface area contributed by atoms with E-state index in [1.54, 1.807) is 13.3 Å². The van der Waals surface area contributed by atoms with E-state index in [9.17, 15) is 0 Å². The quantitative estimate of drug-likeness (QED) is 0.369. The van der Waals surface area contributed by atoms with Crippen LogP contribution in [0.15, 0.2) is 70.3 Å². The molecular weight excluding hydrogens is 326 g/mol. The molecule has 5 nitrogen and oxygen atoms in total. The number of hydrogen-bond acceptors (Lipinski definition) is 3. The van der Waals surface area contributed by atoms with Gasteiger partial charge in [0.2, 0.25) is 0 Å². The zero-order valence-electron chi connectivity index (χ0n) is 15.1. The fourth-order valence-corrected chi connectivity index (χ4v) is 2.70. The van der Waals surface area contributed by atoms with Gasteiger partial charge < -0.3 is 19.8 Å². The molecule has 0 radical (unpaired) electrons. The third kappa shape index (κ3) is 5.36. The number of ether oxygens (including phenoxy) is 1. The van der Waals surface area contributed by atoms with Crippen molar-refractivity contribution in [1.29, 1.82) is 0 Å². The van der Waals surface area contributed by atoms with E-state index in [1.165, 1.54) is 16.3 Å². The van der Waals surface area contributed by atoms with E-state index >= 15 is 0 Å². The van der Waals surface area contributed by atoms with Gasteiger partial charge in [-0.2, -0.15) is 0 Å². The van der Waals surface area contributed by atoms with Crippen molar-refractivity contribution in [3.63, 3.8) is 0 Å². The fourth-order valence-electron chi connectivity index (χ4n) is 2.70. The van der Waals surface area contributed by atoms with Crippen molar-refractivity contribution in [2.24, 2.45) is 4.99 Å². The Hall–Kier alpha value is -2.79. The highest BCUT2D eigenvalue weighted by Crippen LogP contribution is 2.15. The van der Waals surface area contributed by atoms with Crippen LogP contribution in [0, 0.1) is 0 Å². The van der Waals surface area contributed by atoms with Crippen LogP contribution in [0.25, 0.3) is 10.8 Å². The largest absolute Gasteiger partial charge is 0.467 e. The molecule has 2 N–H and O–H groups in total. The Kier molecular flexibility index (Phi) is 6.67. The van der Waals surface area contributed by atoms with Crippen molar-refractivity contribution >= 4 is 16.7 Å². The van der Waals surface area contributed by atoms with Crippen molar-refractivity contribution in [3.05, 3.63) is 72.2 Å². The Bertz CT molecular complexity index is 828. The minimum Gasteiger partial charge on any atom is -0.467 e. The second kappa shape index (κ2) is 9.63. The van der Waals surface area contributed by atoms with E-state index in [4.69, 9.17) is 9.15 Å². The van der Waals surface area contributed by atoms with Crippen LogP contribution in [0.2, 0.25) is 0 Å². The summed E-state index contributed by atoms with van der Waals surface area (Å²) in [5.74, 6) is 1.65. The van der Waals surface area contributed by atoms with Crippen LogP contribution < -0.4 is 10.6 Å². The Labute approximate surface area is 154 Å². The highest BCUT2D eigenvalue weighted by molar-refractivity contribution is 5.83. The number of nitrogens with zero attached hydrogens (tertiary/aromatic N) is 1. The van der Waals surface area contributed by atoms with Gasteiger partial charge in [0.15, 0.2) is 5.96 Å². The Morgan fingerprint density at radius 1 is 1.04 bits per heavy atom. The van der Waals surface area contributed by atoms with Crippen LogP contribution in [0.3, 0.4) is 0 Å². The van der Waals surface area contributed by atoms with Gasteiger partial charge in [-0.3, -0.25) is 4.99 Å². The van der Waals surface area contributed by atoms with E-state index in [1.807, 2.05) is 12.1 Å². The first-order valence-electron chi connectivity index (χ1n) is 8.87. The van der Waals surface area contributed by atoms with Crippen LogP contribution in [0.5, 0.6) is 0 Å². The number of nitrogens with one attached hydrogen (secondary N) is 2. The van der Waals surface area contributed by atoms with Crippen molar-refractivity contribution in [3.8, 4) is 0 Å². The molecule has 26 heavy (non-hydrogen) atoms. The van der Waals surface area contributed by atoms with Gasteiger partial charge in [0.1, 0.15) is 12.4 Å². The number of hydrogen-bond donors (Lipinski definition) is 2. The lowest BCUT2D eigenvalue weighted by Gasteiger charge is -2.12. The van der Waals surface area contributed by atoms with Crippen molar-refractivity contribution in [2.75, 3.05) is 20.2 Å². The Morgan fingerprint density at radius 3 is 2.73 bits per heavy atom. The number of benzene rings is 2. The lowest BCUT2D eigenvalue weighted by Crippen LogP contribution is -2.37. The molecule has 136 valence electrons. The second-order valence-electron chi connectivity index (χ2n) is 6.02. The molecule has 3 aromatic rings. The van der Waals surface area contributed by atoms with Crippen LogP contribution in [-0.4, -0.2) is 26.2 Å². The summed E-state index contributed by atoms with van der Waals surface area (Å²) in [4.78, 5) is 4.26. The van der Waals surface area contributed by atoms with E-state index in [2.05, 4.69) is 58.1 Å². The minimum absolute atomic E-state index is 0.516. The van der Waals surface area contributed by atoms with E-state index in [-0.39, 0.29) is 0 Å². The molecule has 0 unspecified atom stereocenters. The van der Waals surface area contributed by atoms with Crippen LogP contribution in [0.1, 0.15) is 17.7 Å². The van der Waals surface area contributed by atoms with E-state index in [0.717, 1.165) is 31.2 Å². The summed E-state index contributed by atoms with van der Waals surface area (Å²) in [6.07, 6.45) is 2.56. The standard InChI is InChI=1S/C21H25N3O2/c1-22-21(23-11-5-12-25-16-20-8-4-13-26-20)24-15-17-9-10-18-6-2-3-7-19(18)14-17/h2-4,6-10,13-14H,5,11-12,15-16H2,1H3,(H2,22,23,24). The molecule has 0 fully saturated rings. The average molecular weight is 351 g/mol. The van der Waals surface area contributed by atoms with Gasteiger partial charge in [-0.1, -0.05) is 36.4 Å². The summed E-state index contributed by atoms with van der Waals surface area (Å²) in [6, 6.07) is 18.7. The average Bonchev–Trinajstić information content (AvgIpc) is 3.20. The van der Waals surface area contributed by atoms with Gasteiger partial charge in [0, 0.05) is 26.7 Å².